The van der Waals surface area contributed by atoms with Crippen LogP contribution in [0.3, 0.4) is 0 Å². The van der Waals surface area contributed by atoms with Gasteiger partial charge in [0.1, 0.15) is 12.9 Å². The highest BCUT2D eigenvalue weighted by molar-refractivity contribution is 6.70. The molecule has 17 heavy (non-hydrogen) atoms. The van der Waals surface area contributed by atoms with Crippen molar-refractivity contribution in [1.29, 1.82) is 0 Å². The van der Waals surface area contributed by atoms with E-state index in [1.165, 1.54) is 7.11 Å². The molecule has 0 saturated carbocycles. The van der Waals surface area contributed by atoms with Crippen molar-refractivity contribution in [2.45, 2.75) is 19.6 Å². The third kappa shape index (κ3) is 4.48. The van der Waals surface area contributed by atoms with Crippen LogP contribution in [0.15, 0.2) is 23.4 Å². The normalized spacial score (nSPS) is 11.6. The van der Waals surface area contributed by atoms with E-state index < -0.39 is 8.32 Å². The van der Waals surface area contributed by atoms with Crippen LogP contribution in [0.2, 0.25) is 19.6 Å². The third-order valence-electron chi connectivity index (χ3n) is 1.91. The minimum absolute atomic E-state index is 0.715. The zero-order chi connectivity index (χ0) is 12.9. The van der Waals surface area contributed by atoms with Gasteiger partial charge in [-0.3, -0.25) is 0 Å². The van der Waals surface area contributed by atoms with E-state index in [9.17, 15) is 0 Å². The van der Waals surface area contributed by atoms with E-state index in [-0.39, 0.29) is 0 Å². The first-order valence-corrected chi connectivity index (χ1v) is 8.80. The second-order valence-electron chi connectivity index (χ2n) is 4.54. The Labute approximate surface area is 103 Å². The van der Waals surface area contributed by atoms with Crippen LogP contribution < -0.4 is 9.16 Å². The van der Waals surface area contributed by atoms with Gasteiger partial charge in [-0.2, -0.15) is 0 Å². The first kappa shape index (κ1) is 13.6. The van der Waals surface area contributed by atoms with Crippen LogP contribution in [0.4, 0.5) is 0 Å². The molecule has 0 aliphatic rings. The number of nitrogens with zero attached hydrogens (tertiary/aromatic N) is 1. The van der Waals surface area contributed by atoms with E-state index in [1.54, 1.807) is 13.3 Å². The smallest absolute Gasteiger partial charge is 0.242 e. The summed E-state index contributed by atoms with van der Waals surface area (Å²) in [7, 11) is 1.51. The number of rotatable bonds is 5. The summed E-state index contributed by atoms with van der Waals surface area (Å²) >= 11 is 0. The fourth-order valence-corrected chi connectivity index (χ4v) is 2.12. The summed E-state index contributed by atoms with van der Waals surface area (Å²) in [5.41, 5.74) is 0.909. The summed E-state index contributed by atoms with van der Waals surface area (Å²) in [6.45, 7) is 6.40. The molecule has 4 nitrogen and oxygen atoms in total. The molecule has 0 spiro atoms. The Hall–Kier alpha value is -1.49. The Morgan fingerprint density at radius 1 is 1.12 bits per heavy atom. The summed E-state index contributed by atoms with van der Waals surface area (Å²) < 4.78 is 11.2. The van der Waals surface area contributed by atoms with Gasteiger partial charge in [-0.15, -0.1) is 0 Å². The molecule has 1 rings (SSSR count). The minimum Gasteiger partial charge on any atom is -0.542 e. The van der Waals surface area contributed by atoms with Crippen molar-refractivity contribution < 1.29 is 14.0 Å². The van der Waals surface area contributed by atoms with Gasteiger partial charge in [0.2, 0.25) is 8.32 Å². The standard InChI is InChI=1S/C12H19NO3Si/c1-14-12-8-10(9-13-15-2)6-7-11(12)16-17(3,4)5/h6-9H,1-5H3/b13-9+. The summed E-state index contributed by atoms with van der Waals surface area (Å²) in [5.74, 6) is 1.49. The lowest BCUT2D eigenvalue weighted by Crippen LogP contribution is -2.29. The van der Waals surface area contributed by atoms with E-state index in [2.05, 4.69) is 29.6 Å². The van der Waals surface area contributed by atoms with Gasteiger partial charge < -0.3 is 14.0 Å². The zero-order valence-electron chi connectivity index (χ0n) is 11.0. The molecule has 0 radical (unpaired) electrons. The van der Waals surface area contributed by atoms with Crippen LogP contribution in [0.5, 0.6) is 11.5 Å². The number of benzene rings is 1. The van der Waals surface area contributed by atoms with E-state index >= 15 is 0 Å². The largest absolute Gasteiger partial charge is 0.542 e. The van der Waals surface area contributed by atoms with Crippen LogP contribution in [0.25, 0.3) is 0 Å². The third-order valence-corrected chi connectivity index (χ3v) is 2.74. The second kappa shape index (κ2) is 5.72. The highest BCUT2D eigenvalue weighted by Crippen LogP contribution is 2.29. The van der Waals surface area contributed by atoms with Crippen LogP contribution >= 0.6 is 0 Å². The molecule has 1 aromatic carbocycles. The Morgan fingerprint density at radius 2 is 1.82 bits per heavy atom. The van der Waals surface area contributed by atoms with Gasteiger partial charge in [0.15, 0.2) is 5.75 Å². The van der Waals surface area contributed by atoms with Crippen molar-refractivity contribution in [3.05, 3.63) is 23.8 Å². The Kier molecular flexibility index (Phi) is 4.57. The van der Waals surface area contributed by atoms with Crippen molar-refractivity contribution in [2.24, 2.45) is 5.16 Å². The van der Waals surface area contributed by atoms with Crippen LogP contribution in [-0.4, -0.2) is 28.8 Å². The molecular weight excluding hydrogens is 234 g/mol. The highest BCUT2D eigenvalue weighted by Gasteiger charge is 2.18. The fourth-order valence-electron chi connectivity index (χ4n) is 1.29. The number of hydrogen-bond acceptors (Lipinski definition) is 4. The van der Waals surface area contributed by atoms with Gasteiger partial charge in [-0.1, -0.05) is 5.16 Å². The summed E-state index contributed by atoms with van der Waals surface area (Å²) in [6.07, 6.45) is 1.63. The molecule has 5 heteroatoms. The SMILES string of the molecule is CO/N=C/c1ccc(O[Si](C)(C)C)c(OC)c1. The predicted molar refractivity (Wildman–Crippen MR) is 71.6 cm³/mol. The molecule has 0 aliphatic carbocycles. The van der Waals surface area contributed by atoms with E-state index in [0.717, 1.165) is 11.3 Å². The molecule has 0 heterocycles. The fraction of sp³-hybridized carbons (Fsp3) is 0.417. The lowest BCUT2D eigenvalue weighted by atomic mass is 10.2. The molecule has 0 bridgehead atoms. The number of hydrogen-bond donors (Lipinski definition) is 0. The number of oxime groups is 1. The molecule has 0 aromatic heterocycles. The van der Waals surface area contributed by atoms with Crippen molar-refractivity contribution in [2.75, 3.05) is 14.2 Å². The second-order valence-corrected chi connectivity index (χ2v) is 8.97. The van der Waals surface area contributed by atoms with Gasteiger partial charge in [0, 0.05) is 5.56 Å². The molecule has 94 valence electrons. The minimum atomic E-state index is -1.63. The molecule has 0 fully saturated rings. The van der Waals surface area contributed by atoms with Gasteiger partial charge >= 0.3 is 0 Å². The predicted octanol–water partition coefficient (Wildman–Crippen LogP) is 2.89. The van der Waals surface area contributed by atoms with Gasteiger partial charge in [-0.05, 0) is 37.8 Å². The molecule has 0 atom stereocenters. The first-order valence-electron chi connectivity index (χ1n) is 5.40. The quantitative estimate of drug-likeness (QED) is 0.460. The maximum atomic E-state index is 5.92. The first-order chi connectivity index (χ1) is 7.96. The highest BCUT2D eigenvalue weighted by atomic mass is 28.4. The maximum Gasteiger partial charge on any atom is 0.242 e. The molecule has 0 aliphatic heterocycles. The average molecular weight is 253 g/mol. The molecule has 0 unspecified atom stereocenters. The van der Waals surface area contributed by atoms with Crippen molar-refractivity contribution in [3.8, 4) is 11.5 Å². The Bertz CT molecular complexity index is 399. The van der Waals surface area contributed by atoms with Gasteiger partial charge in [0.05, 0.1) is 13.3 Å². The van der Waals surface area contributed by atoms with Gasteiger partial charge in [0.25, 0.3) is 0 Å². The van der Waals surface area contributed by atoms with E-state index in [1.807, 2.05) is 18.2 Å². The Morgan fingerprint density at radius 3 is 2.35 bits per heavy atom. The van der Waals surface area contributed by atoms with Crippen LogP contribution in [-0.2, 0) is 4.84 Å². The summed E-state index contributed by atoms with van der Waals surface area (Å²) in [4.78, 5) is 4.63. The van der Waals surface area contributed by atoms with Gasteiger partial charge in [-0.25, -0.2) is 0 Å². The molecular formula is C12H19NO3Si. The van der Waals surface area contributed by atoms with E-state index in [4.69, 9.17) is 9.16 Å². The molecule has 0 saturated heterocycles. The summed E-state index contributed by atoms with van der Waals surface area (Å²) in [5, 5.41) is 3.71. The summed E-state index contributed by atoms with van der Waals surface area (Å²) in [6, 6.07) is 5.69. The topological polar surface area (TPSA) is 40.0 Å². The lowest BCUT2D eigenvalue weighted by Gasteiger charge is -2.21. The molecule has 0 N–H and O–H groups in total. The number of methoxy groups -OCH3 is 1. The molecule has 0 amide bonds. The monoisotopic (exact) mass is 253 g/mol. The van der Waals surface area contributed by atoms with Crippen molar-refractivity contribution in [1.82, 2.24) is 0 Å². The van der Waals surface area contributed by atoms with Crippen molar-refractivity contribution >= 4 is 14.5 Å². The lowest BCUT2D eigenvalue weighted by molar-refractivity contribution is 0.215. The number of ether oxygens (including phenoxy) is 1. The van der Waals surface area contributed by atoms with Crippen LogP contribution in [0.1, 0.15) is 5.56 Å². The Balaban J connectivity index is 2.97. The zero-order valence-corrected chi connectivity index (χ0v) is 12.0. The van der Waals surface area contributed by atoms with Crippen LogP contribution in [0, 0.1) is 0 Å². The van der Waals surface area contributed by atoms with E-state index in [0.29, 0.717) is 5.75 Å². The van der Waals surface area contributed by atoms with Crippen molar-refractivity contribution in [3.63, 3.8) is 0 Å². The average Bonchev–Trinajstić information content (AvgIpc) is 2.25. The molecule has 1 aromatic rings. The maximum absolute atomic E-state index is 5.92.